The fourth-order valence-corrected chi connectivity index (χ4v) is 1.73. The fraction of sp³-hybridized carbons (Fsp3) is 0.250. The molecule has 2 rings (SSSR count). The first kappa shape index (κ1) is 12.3. The van der Waals surface area contributed by atoms with Crippen molar-refractivity contribution in [2.45, 2.75) is 12.5 Å². The number of halogens is 2. The van der Waals surface area contributed by atoms with Crippen molar-refractivity contribution < 1.29 is 9.53 Å². The predicted molar refractivity (Wildman–Crippen MR) is 67.2 cm³/mol. The van der Waals surface area contributed by atoms with Gasteiger partial charge in [-0.2, -0.15) is 0 Å². The molecule has 1 atom stereocenters. The Hall–Kier alpha value is -1.19. The lowest BCUT2D eigenvalue weighted by Crippen LogP contribution is -2.28. The quantitative estimate of drug-likeness (QED) is 0.856. The van der Waals surface area contributed by atoms with Crippen molar-refractivity contribution in [2.75, 3.05) is 6.54 Å². The largest absolute Gasteiger partial charge is 0.482 e. The van der Waals surface area contributed by atoms with E-state index < -0.39 is 0 Å². The van der Waals surface area contributed by atoms with Crippen LogP contribution in [0.15, 0.2) is 30.5 Å². The molecule has 1 fully saturated rings. The van der Waals surface area contributed by atoms with Crippen molar-refractivity contribution in [3.63, 3.8) is 0 Å². The summed E-state index contributed by atoms with van der Waals surface area (Å²) in [5, 5.41) is 3.70. The van der Waals surface area contributed by atoms with Gasteiger partial charge in [0, 0.05) is 0 Å². The lowest BCUT2D eigenvalue weighted by Gasteiger charge is -2.04. The molecule has 90 valence electrons. The molecule has 0 saturated carbocycles. The van der Waals surface area contributed by atoms with Gasteiger partial charge >= 0.3 is 0 Å². The average Bonchev–Trinajstić information content (AvgIpc) is 2.97. The van der Waals surface area contributed by atoms with Gasteiger partial charge in [-0.1, -0.05) is 35.8 Å². The van der Waals surface area contributed by atoms with Crippen molar-refractivity contribution in [1.29, 1.82) is 0 Å². The normalized spacial score (nSPS) is 17.5. The summed E-state index contributed by atoms with van der Waals surface area (Å²) in [6, 6.07) is 5.15. The van der Waals surface area contributed by atoms with Crippen LogP contribution < -0.4 is 5.32 Å². The van der Waals surface area contributed by atoms with E-state index in [-0.39, 0.29) is 18.4 Å². The van der Waals surface area contributed by atoms with Crippen LogP contribution >= 0.6 is 23.2 Å². The van der Waals surface area contributed by atoms with Crippen LogP contribution in [0.3, 0.4) is 0 Å². The molecule has 1 saturated heterocycles. The first-order valence-electron chi connectivity index (χ1n) is 5.12. The van der Waals surface area contributed by atoms with Gasteiger partial charge in [-0.3, -0.25) is 4.79 Å². The Morgan fingerprint density at radius 1 is 1.41 bits per heavy atom. The van der Waals surface area contributed by atoms with Crippen LogP contribution in [0.5, 0.6) is 0 Å². The third kappa shape index (κ3) is 3.38. The molecule has 0 aromatic heterocycles. The van der Waals surface area contributed by atoms with Gasteiger partial charge in [0.1, 0.15) is 5.76 Å². The Morgan fingerprint density at radius 3 is 2.71 bits per heavy atom. The number of hydrogen-bond acceptors (Lipinski definition) is 2. The predicted octanol–water partition coefficient (Wildman–Crippen LogP) is 2.56. The van der Waals surface area contributed by atoms with Crippen LogP contribution in [0.4, 0.5) is 0 Å². The maximum Gasteiger partial charge on any atom is 0.224 e. The second-order valence-corrected chi connectivity index (χ2v) is 4.62. The molecule has 17 heavy (non-hydrogen) atoms. The van der Waals surface area contributed by atoms with Crippen LogP contribution in [0.1, 0.15) is 5.56 Å². The Morgan fingerprint density at radius 2 is 2.12 bits per heavy atom. The zero-order chi connectivity index (χ0) is 12.4. The second-order valence-electron chi connectivity index (χ2n) is 3.80. The average molecular weight is 272 g/mol. The Bertz CT molecular complexity index is 474. The highest BCUT2D eigenvalue weighted by molar-refractivity contribution is 6.42. The van der Waals surface area contributed by atoms with Crippen molar-refractivity contribution in [3.8, 4) is 0 Å². The fourth-order valence-electron chi connectivity index (χ4n) is 1.41. The summed E-state index contributed by atoms with van der Waals surface area (Å²) in [6.45, 7) is 4.10. The van der Waals surface area contributed by atoms with Crippen LogP contribution in [0.2, 0.25) is 10.0 Å². The van der Waals surface area contributed by atoms with Crippen molar-refractivity contribution in [1.82, 2.24) is 5.32 Å². The maximum atomic E-state index is 11.6. The summed E-state index contributed by atoms with van der Waals surface area (Å²) in [7, 11) is 0. The molecular formula is C12H11Cl2NO2. The van der Waals surface area contributed by atoms with Gasteiger partial charge in [0.2, 0.25) is 5.91 Å². The zero-order valence-electron chi connectivity index (χ0n) is 9.00. The number of carbonyl (C=O) groups excluding carboxylic acids is 1. The van der Waals surface area contributed by atoms with Crippen molar-refractivity contribution in [2.24, 2.45) is 0 Å². The van der Waals surface area contributed by atoms with Gasteiger partial charge in [-0.25, -0.2) is 0 Å². The molecule has 3 nitrogen and oxygen atoms in total. The molecule has 0 spiro atoms. The summed E-state index contributed by atoms with van der Waals surface area (Å²) in [5.74, 6) is 0.645. The SMILES string of the molecule is C=C1OC1CNC(=O)Cc1ccc(Cl)c(Cl)c1. The molecule has 1 unspecified atom stereocenters. The zero-order valence-corrected chi connectivity index (χ0v) is 10.5. The third-order valence-corrected chi connectivity index (χ3v) is 3.17. The van der Waals surface area contributed by atoms with Gasteiger partial charge in [-0.05, 0) is 17.7 Å². The number of epoxide rings is 1. The summed E-state index contributed by atoms with van der Waals surface area (Å²) >= 11 is 11.6. The number of nitrogens with one attached hydrogen (secondary N) is 1. The lowest BCUT2D eigenvalue weighted by atomic mass is 10.1. The maximum absolute atomic E-state index is 11.6. The standard InChI is InChI=1S/C12H11Cl2NO2/c1-7-11(17-7)6-15-12(16)5-8-2-3-9(13)10(14)4-8/h2-4,11H,1,5-6H2,(H,15,16). The van der Waals surface area contributed by atoms with Crippen LogP contribution in [0.25, 0.3) is 0 Å². The number of benzene rings is 1. The Labute approximate surface area is 109 Å². The summed E-state index contributed by atoms with van der Waals surface area (Å²) in [4.78, 5) is 11.6. The van der Waals surface area contributed by atoms with Crippen LogP contribution in [-0.2, 0) is 16.0 Å². The first-order chi connectivity index (χ1) is 8.06. The second kappa shape index (κ2) is 4.98. The number of rotatable bonds is 4. The van der Waals surface area contributed by atoms with Gasteiger partial charge in [-0.15, -0.1) is 0 Å². The summed E-state index contributed by atoms with van der Waals surface area (Å²) in [6.07, 6.45) is 0.253. The first-order valence-corrected chi connectivity index (χ1v) is 5.88. The highest BCUT2D eigenvalue weighted by Gasteiger charge is 2.30. The van der Waals surface area contributed by atoms with E-state index in [1.165, 1.54) is 0 Å². The molecule has 1 aromatic carbocycles. The van der Waals surface area contributed by atoms with E-state index in [0.29, 0.717) is 16.6 Å². The number of carbonyl (C=O) groups is 1. The Balaban J connectivity index is 1.84. The monoisotopic (exact) mass is 271 g/mol. The van der Waals surface area contributed by atoms with Crippen LogP contribution in [-0.4, -0.2) is 18.6 Å². The molecule has 1 heterocycles. The number of ether oxygens (including phenoxy) is 1. The van der Waals surface area contributed by atoms with Gasteiger partial charge in [0.25, 0.3) is 0 Å². The molecule has 1 aliphatic rings. The molecule has 0 aliphatic carbocycles. The van der Waals surface area contributed by atoms with Gasteiger partial charge in [0.05, 0.1) is 23.0 Å². The topological polar surface area (TPSA) is 41.6 Å². The molecule has 5 heteroatoms. The van der Waals surface area contributed by atoms with E-state index in [0.717, 1.165) is 11.3 Å². The minimum atomic E-state index is -0.0771. The molecule has 1 N–H and O–H groups in total. The highest BCUT2D eigenvalue weighted by Crippen LogP contribution is 2.24. The lowest BCUT2D eigenvalue weighted by molar-refractivity contribution is -0.120. The summed E-state index contributed by atoms with van der Waals surface area (Å²) < 4.78 is 5.00. The van der Waals surface area contributed by atoms with Crippen molar-refractivity contribution >= 4 is 29.1 Å². The highest BCUT2D eigenvalue weighted by atomic mass is 35.5. The summed E-state index contributed by atoms with van der Waals surface area (Å²) in [5.41, 5.74) is 0.826. The molecule has 1 aromatic rings. The molecule has 1 aliphatic heterocycles. The molecule has 1 amide bonds. The van der Waals surface area contributed by atoms with E-state index in [2.05, 4.69) is 11.9 Å². The third-order valence-electron chi connectivity index (χ3n) is 2.43. The molecular weight excluding hydrogens is 261 g/mol. The van der Waals surface area contributed by atoms with Crippen LogP contribution in [0, 0.1) is 0 Å². The van der Waals surface area contributed by atoms with Crippen molar-refractivity contribution in [3.05, 3.63) is 46.1 Å². The van der Waals surface area contributed by atoms with E-state index in [1.807, 2.05) is 0 Å². The number of amides is 1. The van der Waals surface area contributed by atoms with Gasteiger partial charge in [0.15, 0.2) is 6.10 Å². The smallest absolute Gasteiger partial charge is 0.224 e. The molecule has 0 radical (unpaired) electrons. The molecule has 0 bridgehead atoms. The van der Waals surface area contributed by atoms with Gasteiger partial charge < -0.3 is 10.1 Å². The number of hydrogen-bond donors (Lipinski definition) is 1. The van der Waals surface area contributed by atoms with E-state index >= 15 is 0 Å². The minimum Gasteiger partial charge on any atom is -0.482 e. The van der Waals surface area contributed by atoms with E-state index in [4.69, 9.17) is 27.9 Å². The Kier molecular flexibility index (Phi) is 3.60. The van der Waals surface area contributed by atoms with E-state index in [1.54, 1.807) is 18.2 Å². The van der Waals surface area contributed by atoms with E-state index in [9.17, 15) is 4.79 Å². The minimum absolute atomic E-state index is 0.0206.